The number of anilines is 2. The molecule has 1 aliphatic heterocycles. The van der Waals surface area contributed by atoms with E-state index in [1.807, 2.05) is 0 Å². The van der Waals surface area contributed by atoms with Gasteiger partial charge in [0, 0.05) is 30.2 Å². The van der Waals surface area contributed by atoms with E-state index in [2.05, 4.69) is 26.9 Å². The molecular weight excluding hydrogens is 585 g/mol. The first-order valence-corrected chi connectivity index (χ1v) is 14.7. The molecule has 0 aliphatic carbocycles. The maximum Gasteiger partial charge on any atom is 0.273 e. The lowest BCUT2D eigenvalue weighted by Gasteiger charge is -2.31. The van der Waals surface area contributed by atoms with Crippen LogP contribution in [0.3, 0.4) is 0 Å². The summed E-state index contributed by atoms with van der Waals surface area (Å²) in [6.07, 6.45) is 1.84. The minimum atomic E-state index is -3.81. The summed E-state index contributed by atoms with van der Waals surface area (Å²) >= 11 is 13.2. The summed E-state index contributed by atoms with van der Waals surface area (Å²) in [4.78, 5) is 37.3. The third-order valence-electron chi connectivity index (χ3n) is 5.94. The highest BCUT2D eigenvalue weighted by molar-refractivity contribution is 7.89. The second-order valence-electron chi connectivity index (χ2n) is 8.50. The van der Waals surface area contributed by atoms with E-state index in [1.165, 1.54) is 34.0 Å². The Morgan fingerprint density at radius 1 is 1.03 bits per heavy atom. The molecule has 4 rings (SSSR count). The molecule has 3 aromatic rings. The smallest absolute Gasteiger partial charge is 0.273 e. The Labute approximate surface area is 239 Å². The Hall–Kier alpha value is -3.29. The van der Waals surface area contributed by atoms with E-state index in [9.17, 15) is 22.8 Å². The predicted molar refractivity (Wildman–Crippen MR) is 151 cm³/mol. The number of piperidine rings is 1. The zero-order valence-corrected chi connectivity index (χ0v) is 23.5. The van der Waals surface area contributed by atoms with Gasteiger partial charge in [-0.15, -0.1) is 0 Å². The minimum absolute atomic E-state index is 0.0324. The average Bonchev–Trinajstić information content (AvgIpc) is 3.37. The Balaban J connectivity index is 1.37. The Morgan fingerprint density at radius 2 is 1.69 bits per heavy atom. The Morgan fingerprint density at radius 3 is 2.36 bits per heavy atom. The SMILES string of the molecule is C=CC(=O)Nc1cccc(S(=O)(=O)N2CCC(NC(=O)c3nscc3NC(=O)c3c(Cl)cccc3Cl)CC2)c1. The maximum atomic E-state index is 13.2. The standard InChI is InChI=1S/C25H23Cl2N5O5S2/c1-2-21(33)28-16-5-3-6-17(13-16)39(36,37)32-11-9-15(10-12-32)29-25(35)23-20(14-38-31-23)30-24(34)22-18(26)7-4-8-19(22)27/h2-8,13-15H,1,9-12H2,(H,28,33)(H,29,35)(H,30,34). The Bertz CT molecular complexity index is 1510. The van der Waals surface area contributed by atoms with Gasteiger partial charge in [-0.1, -0.05) is 41.9 Å². The fraction of sp³-hybridized carbons (Fsp3) is 0.200. The van der Waals surface area contributed by atoms with E-state index in [1.54, 1.807) is 18.2 Å². The molecule has 2 aromatic carbocycles. The number of hydrogen-bond donors (Lipinski definition) is 3. The fourth-order valence-corrected chi connectivity index (χ4v) is 6.66. The maximum absolute atomic E-state index is 13.2. The van der Waals surface area contributed by atoms with Gasteiger partial charge < -0.3 is 16.0 Å². The largest absolute Gasteiger partial charge is 0.348 e. The van der Waals surface area contributed by atoms with Gasteiger partial charge in [0.25, 0.3) is 11.8 Å². The van der Waals surface area contributed by atoms with E-state index in [-0.39, 0.29) is 51.0 Å². The van der Waals surface area contributed by atoms with Crippen molar-refractivity contribution in [2.45, 2.75) is 23.8 Å². The van der Waals surface area contributed by atoms with Crippen LogP contribution in [-0.4, -0.2) is 53.9 Å². The van der Waals surface area contributed by atoms with Crippen molar-refractivity contribution in [3.05, 3.63) is 81.8 Å². The van der Waals surface area contributed by atoms with Gasteiger partial charge in [-0.25, -0.2) is 8.42 Å². The van der Waals surface area contributed by atoms with Crippen LogP contribution in [0.1, 0.15) is 33.7 Å². The topological polar surface area (TPSA) is 138 Å². The van der Waals surface area contributed by atoms with Crippen molar-refractivity contribution in [3.63, 3.8) is 0 Å². The number of amides is 3. The summed E-state index contributed by atoms with van der Waals surface area (Å²) in [7, 11) is -3.81. The van der Waals surface area contributed by atoms with Gasteiger partial charge in [0.15, 0.2) is 5.69 Å². The van der Waals surface area contributed by atoms with Crippen LogP contribution in [0.15, 0.2) is 65.4 Å². The fourth-order valence-electron chi connectivity index (χ4n) is 3.96. The molecule has 14 heteroatoms. The molecule has 0 spiro atoms. The van der Waals surface area contributed by atoms with Crippen molar-refractivity contribution < 1.29 is 22.8 Å². The number of nitrogens with one attached hydrogen (secondary N) is 3. The molecule has 3 N–H and O–H groups in total. The average molecular weight is 609 g/mol. The molecule has 0 saturated carbocycles. The summed E-state index contributed by atoms with van der Waals surface area (Å²) in [6, 6.07) is 10.4. The number of rotatable bonds is 8. The molecule has 1 aromatic heterocycles. The molecule has 0 bridgehead atoms. The molecule has 1 saturated heterocycles. The number of carbonyl (C=O) groups excluding carboxylic acids is 3. The predicted octanol–water partition coefficient (Wildman–Crippen LogP) is 4.41. The van der Waals surface area contributed by atoms with Gasteiger partial charge in [-0.05, 0) is 60.8 Å². The van der Waals surface area contributed by atoms with Crippen LogP contribution in [0.2, 0.25) is 10.0 Å². The number of halogens is 2. The van der Waals surface area contributed by atoms with Crippen molar-refractivity contribution in [2.24, 2.45) is 0 Å². The van der Waals surface area contributed by atoms with Gasteiger partial charge in [0.05, 0.1) is 26.2 Å². The first-order valence-electron chi connectivity index (χ1n) is 11.6. The van der Waals surface area contributed by atoms with E-state index in [0.717, 1.165) is 17.6 Å². The summed E-state index contributed by atoms with van der Waals surface area (Å²) in [5.74, 6) is -1.52. The van der Waals surface area contributed by atoms with Crippen molar-refractivity contribution >= 4 is 73.9 Å². The van der Waals surface area contributed by atoms with Crippen LogP contribution in [-0.2, 0) is 14.8 Å². The third-order valence-corrected chi connectivity index (χ3v) is 9.09. The van der Waals surface area contributed by atoms with Crippen molar-refractivity contribution in [2.75, 3.05) is 23.7 Å². The number of aromatic nitrogens is 1. The van der Waals surface area contributed by atoms with Crippen LogP contribution in [0, 0.1) is 0 Å². The van der Waals surface area contributed by atoms with E-state index < -0.39 is 27.7 Å². The highest BCUT2D eigenvalue weighted by atomic mass is 35.5. The van der Waals surface area contributed by atoms with Crippen molar-refractivity contribution in [3.8, 4) is 0 Å². The van der Waals surface area contributed by atoms with E-state index in [4.69, 9.17) is 23.2 Å². The molecule has 0 radical (unpaired) electrons. The normalized spacial score (nSPS) is 14.4. The Kier molecular flexibility index (Phi) is 9.03. The first-order chi connectivity index (χ1) is 18.6. The number of hydrogen-bond acceptors (Lipinski definition) is 7. The third kappa shape index (κ3) is 6.65. The van der Waals surface area contributed by atoms with Crippen LogP contribution < -0.4 is 16.0 Å². The second kappa shape index (κ2) is 12.3. The zero-order valence-electron chi connectivity index (χ0n) is 20.3. The highest BCUT2D eigenvalue weighted by Crippen LogP contribution is 2.27. The number of benzene rings is 2. The highest BCUT2D eigenvalue weighted by Gasteiger charge is 2.31. The van der Waals surface area contributed by atoms with Crippen LogP contribution in [0.5, 0.6) is 0 Å². The van der Waals surface area contributed by atoms with Gasteiger partial charge >= 0.3 is 0 Å². The lowest BCUT2D eigenvalue weighted by atomic mass is 10.1. The molecule has 10 nitrogen and oxygen atoms in total. The monoisotopic (exact) mass is 607 g/mol. The van der Waals surface area contributed by atoms with E-state index in [0.29, 0.717) is 18.5 Å². The molecular formula is C25H23Cl2N5O5S2. The van der Waals surface area contributed by atoms with Gasteiger partial charge in [-0.2, -0.15) is 8.68 Å². The molecule has 0 unspecified atom stereocenters. The van der Waals surface area contributed by atoms with Crippen molar-refractivity contribution in [1.82, 2.24) is 14.0 Å². The van der Waals surface area contributed by atoms with Crippen LogP contribution in [0.25, 0.3) is 0 Å². The first kappa shape index (κ1) is 28.7. The number of nitrogens with zero attached hydrogens (tertiary/aromatic N) is 2. The molecule has 2 heterocycles. The lowest BCUT2D eigenvalue weighted by Crippen LogP contribution is -2.46. The number of sulfonamides is 1. The van der Waals surface area contributed by atoms with Crippen LogP contribution >= 0.6 is 34.7 Å². The lowest BCUT2D eigenvalue weighted by molar-refractivity contribution is -0.111. The molecule has 1 aliphatic rings. The minimum Gasteiger partial charge on any atom is -0.348 e. The molecule has 0 atom stereocenters. The molecule has 39 heavy (non-hydrogen) atoms. The number of carbonyl (C=O) groups is 3. The van der Waals surface area contributed by atoms with Gasteiger partial charge in [-0.3, -0.25) is 14.4 Å². The molecule has 204 valence electrons. The second-order valence-corrected chi connectivity index (χ2v) is 11.9. The summed E-state index contributed by atoms with van der Waals surface area (Å²) in [6.45, 7) is 3.75. The van der Waals surface area contributed by atoms with Gasteiger partial charge in [0.2, 0.25) is 15.9 Å². The quantitative estimate of drug-likeness (QED) is 0.324. The molecule has 3 amide bonds. The summed E-state index contributed by atoms with van der Waals surface area (Å²) in [5.41, 5.74) is 0.665. The summed E-state index contributed by atoms with van der Waals surface area (Å²) in [5, 5.41) is 9.92. The van der Waals surface area contributed by atoms with Crippen LogP contribution in [0.4, 0.5) is 11.4 Å². The van der Waals surface area contributed by atoms with Gasteiger partial charge in [0.1, 0.15) is 0 Å². The van der Waals surface area contributed by atoms with Crippen molar-refractivity contribution in [1.29, 1.82) is 0 Å². The molecule has 1 fully saturated rings. The summed E-state index contributed by atoms with van der Waals surface area (Å²) < 4.78 is 31.8. The van der Waals surface area contributed by atoms with E-state index >= 15 is 0 Å². The zero-order chi connectivity index (χ0) is 28.2.